The lowest BCUT2D eigenvalue weighted by Gasteiger charge is -2.37. The topological polar surface area (TPSA) is 93.1 Å². The highest BCUT2D eigenvalue weighted by atomic mass is 32.2. The molecule has 2 aromatic carbocycles. The Morgan fingerprint density at radius 2 is 1.74 bits per heavy atom. The molecule has 0 radical (unpaired) electrons. The molecule has 0 unspecified atom stereocenters. The molecule has 0 aliphatic carbocycles. The molecule has 0 fully saturated rings. The molecule has 0 saturated carbocycles. The maximum Gasteiger partial charge on any atom is 0.331 e. The van der Waals surface area contributed by atoms with Crippen LogP contribution >= 0.6 is 0 Å². The second-order valence-corrected chi connectivity index (χ2v) is 11.1. The Morgan fingerprint density at radius 1 is 1.09 bits per heavy atom. The molecule has 8 heteroatoms. The third kappa shape index (κ3) is 6.36. The summed E-state index contributed by atoms with van der Waals surface area (Å²) in [5, 5.41) is 8.89. The Balaban J connectivity index is 2.22. The van der Waals surface area contributed by atoms with Crippen molar-refractivity contribution in [2.45, 2.75) is 57.3 Å². The van der Waals surface area contributed by atoms with Gasteiger partial charge in [0.05, 0.1) is 35.8 Å². The summed E-state index contributed by atoms with van der Waals surface area (Å²) in [5.74, 6) is -0.648. The van der Waals surface area contributed by atoms with Gasteiger partial charge in [0.15, 0.2) is 21.3 Å². The smallest absolute Gasteiger partial charge is 0.331 e. The van der Waals surface area contributed by atoms with Gasteiger partial charge in [-0.25, -0.2) is 13.2 Å². The van der Waals surface area contributed by atoms with E-state index in [2.05, 4.69) is 18.7 Å². The van der Waals surface area contributed by atoms with Crippen LogP contribution in [0.4, 0.5) is 11.4 Å². The molecule has 190 valence electrons. The van der Waals surface area contributed by atoms with Gasteiger partial charge in [0.2, 0.25) is 0 Å². The fraction of sp³-hybridized carbons (Fsp3) is 0.444. The minimum atomic E-state index is -3.69. The van der Waals surface area contributed by atoms with Gasteiger partial charge in [0.1, 0.15) is 0 Å². The van der Waals surface area contributed by atoms with Crippen molar-refractivity contribution in [2.75, 3.05) is 24.3 Å². The quantitative estimate of drug-likeness (QED) is 0.300. The second-order valence-electron chi connectivity index (χ2n) is 9.12. The van der Waals surface area contributed by atoms with Crippen LogP contribution in [0.1, 0.15) is 52.4 Å². The number of para-hydroxylation sites is 1. The van der Waals surface area contributed by atoms with Crippen LogP contribution in [0.5, 0.6) is 11.5 Å². The second kappa shape index (κ2) is 11.6. The van der Waals surface area contributed by atoms with Crippen LogP contribution in [0.25, 0.3) is 0 Å². The summed E-state index contributed by atoms with van der Waals surface area (Å²) in [6.45, 7) is 4.83. The van der Waals surface area contributed by atoms with Gasteiger partial charge < -0.3 is 19.5 Å². The maximum absolute atomic E-state index is 13.9. The SMILES string of the molecule is CCCCC1(CCCC)CN(c2ccccc2)c2cc(OC)c(O/C=C\C(=O)O)cc2S(=O)(=O)C1. The van der Waals surface area contributed by atoms with Crippen molar-refractivity contribution in [1.82, 2.24) is 0 Å². The predicted molar refractivity (Wildman–Crippen MR) is 137 cm³/mol. The van der Waals surface area contributed by atoms with E-state index >= 15 is 0 Å². The molecule has 2 aromatic rings. The summed E-state index contributed by atoms with van der Waals surface area (Å²) >= 11 is 0. The van der Waals surface area contributed by atoms with Crippen molar-refractivity contribution >= 4 is 27.2 Å². The molecule has 0 saturated heterocycles. The number of fused-ring (bicyclic) bond motifs is 1. The number of hydrogen-bond donors (Lipinski definition) is 1. The van der Waals surface area contributed by atoms with E-state index in [9.17, 15) is 13.2 Å². The van der Waals surface area contributed by atoms with E-state index in [4.69, 9.17) is 14.6 Å². The number of carbonyl (C=O) groups is 1. The highest BCUT2D eigenvalue weighted by Crippen LogP contribution is 2.48. The standard InChI is InChI=1S/C27H35NO6S/c1-4-6-14-27(15-7-5-2)19-28(21-11-9-8-10-12-21)22-17-23(33-3)24(34-16-13-26(29)30)18-25(22)35(31,32)20-27/h8-13,16-18H,4-7,14-15,19-20H2,1-3H3,(H,29,30)/b16-13-. The molecule has 7 nitrogen and oxygen atoms in total. The lowest BCUT2D eigenvalue weighted by atomic mass is 9.79. The predicted octanol–water partition coefficient (Wildman–Crippen LogP) is 5.96. The molecule has 35 heavy (non-hydrogen) atoms. The van der Waals surface area contributed by atoms with E-state index in [0.29, 0.717) is 18.0 Å². The maximum atomic E-state index is 13.9. The number of aliphatic carboxylic acids is 1. The summed E-state index contributed by atoms with van der Waals surface area (Å²) in [6, 6.07) is 12.9. The average Bonchev–Trinajstić information content (AvgIpc) is 2.93. The lowest BCUT2D eigenvalue weighted by molar-refractivity contribution is -0.131. The molecule has 0 aromatic heterocycles. The number of rotatable bonds is 11. The number of unbranched alkanes of at least 4 members (excludes halogenated alkanes) is 2. The van der Waals surface area contributed by atoms with E-state index < -0.39 is 21.2 Å². The molecule has 1 aliphatic heterocycles. The Kier molecular flexibility index (Phi) is 8.83. The number of methoxy groups -OCH3 is 1. The highest BCUT2D eigenvalue weighted by Gasteiger charge is 2.42. The van der Waals surface area contributed by atoms with Gasteiger partial charge in [-0.15, -0.1) is 0 Å². The van der Waals surface area contributed by atoms with Gasteiger partial charge in [-0.1, -0.05) is 57.7 Å². The first-order chi connectivity index (χ1) is 16.7. The average molecular weight is 502 g/mol. The Hall–Kier alpha value is -3.00. The van der Waals surface area contributed by atoms with E-state index in [0.717, 1.165) is 56.6 Å². The van der Waals surface area contributed by atoms with Crippen LogP contribution < -0.4 is 14.4 Å². The molecule has 0 spiro atoms. The van der Waals surface area contributed by atoms with E-state index in [1.54, 1.807) is 6.07 Å². The number of benzene rings is 2. The Labute approximate surface area is 208 Å². The van der Waals surface area contributed by atoms with Crippen molar-refractivity contribution in [1.29, 1.82) is 0 Å². The Bertz CT molecular complexity index is 1140. The monoisotopic (exact) mass is 501 g/mol. The van der Waals surface area contributed by atoms with Crippen molar-refractivity contribution in [2.24, 2.45) is 5.41 Å². The van der Waals surface area contributed by atoms with E-state index in [1.807, 2.05) is 30.3 Å². The number of carboxylic acid groups (broad SMARTS) is 1. The van der Waals surface area contributed by atoms with Gasteiger partial charge in [-0.3, -0.25) is 0 Å². The molecule has 1 heterocycles. The Morgan fingerprint density at radius 3 is 2.31 bits per heavy atom. The minimum Gasteiger partial charge on any atom is -0.493 e. The number of ether oxygens (including phenoxy) is 2. The van der Waals surface area contributed by atoms with Crippen molar-refractivity contribution in [3.63, 3.8) is 0 Å². The fourth-order valence-corrected chi connectivity index (χ4v) is 6.84. The zero-order chi connectivity index (χ0) is 25.5. The first kappa shape index (κ1) is 26.6. The summed E-state index contributed by atoms with van der Waals surface area (Å²) < 4.78 is 38.8. The first-order valence-electron chi connectivity index (χ1n) is 12.1. The summed E-state index contributed by atoms with van der Waals surface area (Å²) in [7, 11) is -2.22. The van der Waals surface area contributed by atoms with Crippen LogP contribution in [0.3, 0.4) is 0 Å². The van der Waals surface area contributed by atoms with Gasteiger partial charge in [-0.05, 0) is 25.0 Å². The van der Waals surface area contributed by atoms with Crippen LogP contribution in [0.2, 0.25) is 0 Å². The lowest BCUT2D eigenvalue weighted by Crippen LogP contribution is -2.38. The van der Waals surface area contributed by atoms with E-state index in [1.165, 1.54) is 13.2 Å². The zero-order valence-electron chi connectivity index (χ0n) is 20.7. The number of hydrogen-bond acceptors (Lipinski definition) is 6. The molecule has 0 bridgehead atoms. The van der Waals surface area contributed by atoms with Crippen molar-refractivity contribution < 1.29 is 27.8 Å². The number of anilines is 2. The molecule has 3 rings (SSSR count). The summed E-state index contributed by atoms with van der Waals surface area (Å²) in [5.41, 5.74) is 1.04. The number of carboxylic acids is 1. The van der Waals surface area contributed by atoms with E-state index in [-0.39, 0.29) is 16.4 Å². The minimum absolute atomic E-state index is 0.0487. The van der Waals surface area contributed by atoms with Gasteiger partial charge in [-0.2, -0.15) is 0 Å². The molecular weight excluding hydrogens is 466 g/mol. The normalized spacial score (nSPS) is 16.5. The third-order valence-corrected chi connectivity index (χ3v) is 8.45. The summed E-state index contributed by atoms with van der Waals surface area (Å²) in [6.07, 6.45) is 7.39. The molecule has 0 atom stereocenters. The molecular formula is C27H35NO6S. The zero-order valence-corrected chi connectivity index (χ0v) is 21.5. The highest BCUT2D eigenvalue weighted by molar-refractivity contribution is 7.91. The van der Waals surface area contributed by atoms with Crippen molar-refractivity contribution in [3.05, 3.63) is 54.8 Å². The summed E-state index contributed by atoms with van der Waals surface area (Å²) in [4.78, 5) is 13.1. The fourth-order valence-electron chi connectivity index (χ4n) is 4.72. The largest absolute Gasteiger partial charge is 0.493 e. The van der Waals surface area contributed by atoms with Crippen LogP contribution in [0, 0.1) is 5.41 Å². The molecule has 1 N–H and O–H groups in total. The van der Waals surface area contributed by atoms with Gasteiger partial charge >= 0.3 is 5.97 Å². The van der Waals surface area contributed by atoms with Gasteiger partial charge in [0, 0.05) is 29.8 Å². The van der Waals surface area contributed by atoms with Crippen LogP contribution in [-0.4, -0.2) is 38.9 Å². The van der Waals surface area contributed by atoms with Crippen molar-refractivity contribution in [3.8, 4) is 11.5 Å². The first-order valence-corrected chi connectivity index (χ1v) is 13.7. The third-order valence-electron chi connectivity index (χ3n) is 6.46. The van der Waals surface area contributed by atoms with Gasteiger partial charge in [0.25, 0.3) is 0 Å². The molecule has 0 amide bonds. The van der Waals surface area contributed by atoms with Crippen LogP contribution in [0.15, 0.2) is 59.7 Å². The number of sulfone groups is 1. The number of nitrogens with zero attached hydrogens (tertiary/aromatic N) is 1. The van der Waals surface area contributed by atoms with Crippen LogP contribution in [-0.2, 0) is 14.6 Å². The molecule has 1 aliphatic rings.